The summed E-state index contributed by atoms with van der Waals surface area (Å²) in [7, 11) is 1.45. The van der Waals surface area contributed by atoms with Crippen LogP contribution in [0, 0.1) is 0 Å². The molecule has 5 nitrogen and oxygen atoms in total. The monoisotopic (exact) mass is 203 g/mol. The Balaban J connectivity index is 2.68. The number of aromatic nitrogens is 1. The van der Waals surface area contributed by atoms with Crippen LogP contribution in [0.3, 0.4) is 0 Å². The third-order valence-electron chi connectivity index (χ3n) is 1.50. The number of methoxy groups -OCH3 is 1. The van der Waals surface area contributed by atoms with Gasteiger partial charge in [0.25, 0.3) is 0 Å². The minimum atomic E-state index is -1.40. The molecule has 0 aliphatic rings. The summed E-state index contributed by atoms with van der Waals surface area (Å²) in [6.07, 6.45) is -1.38. The van der Waals surface area contributed by atoms with E-state index in [-0.39, 0.29) is 6.42 Å². The molecule has 0 aromatic carbocycles. The zero-order chi connectivity index (χ0) is 9.84. The maximum absolute atomic E-state index is 10.3. The van der Waals surface area contributed by atoms with Gasteiger partial charge in [-0.25, -0.2) is 4.79 Å². The predicted molar refractivity (Wildman–Crippen MR) is 46.0 cm³/mol. The SMILES string of the molecule is COc1nscc1CC(O)C(=O)O. The highest BCUT2D eigenvalue weighted by atomic mass is 32.1. The Kier molecular flexibility index (Phi) is 3.21. The first-order chi connectivity index (χ1) is 6.15. The van der Waals surface area contributed by atoms with Gasteiger partial charge >= 0.3 is 5.97 Å². The largest absolute Gasteiger partial charge is 0.480 e. The molecule has 1 heterocycles. The van der Waals surface area contributed by atoms with Crippen molar-refractivity contribution >= 4 is 17.5 Å². The van der Waals surface area contributed by atoms with E-state index in [4.69, 9.17) is 14.9 Å². The van der Waals surface area contributed by atoms with Gasteiger partial charge in [-0.2, -0.15) is 4.37 Å². The third-order valence-corrected chi connectivity index (χ3v) is 2.16. The van der Waals surface area contributed by atoms with Gasteiger partial charge in [0.05, 0.1) is 7.11 Å². The lowest BCUT2D eigenvalue weighted by atomic mass is 10.1. The van der Waals surface area contributed by atoms with Gasteiger partial charge in [-0.15, -0.1) is 0 Å². The fraction of sp³-hybridized carbons (Fsp3) is 0.429. The van der Waals surface area contributed by atoms with Crippen LogP contribution in [0.25, 0.3) is 0 Å². The second-order valence-electron chi connectivity index (χ2n) is 2.41. The highest BCUT2D eigenvalue weighted by Crippen LogP contribution is 2.19. The van der Waals surface area contributed by atoms with E-state index in [9.17, 15) is 4.79 Å². The smallest absolute Gasteiger partial charge is 0.332 e. The molecule has 0 radical (unpaired) electrons. The summed E-state index contributed by atoms with van der Waals surface area (Å²) in [6.45, 7) is 0. The van der Waals surface area contributed by atoms with E-state index in [2.05, 4.69) is 4.37 Å². The number of rotatable bonds is 4. The van der Waals surface area contributed by atoms with Crippen molar-refractivity contribution in [2.24, 2.45) is 0 Å². The number of hydrogen-bond donors (Lipinski definition) is 2. The van der Waals surface area contributed by atoms with Crippen molar-refractivity contribution in [3.05, 3.63) is 10.9 Å². The highest BCUT2D eigenvalue weighted by molar-refractivity contribution is 7.03. The fourth-order valence-corrected chi connectivity index (χ4v) is 1.51. The number of carboxylic acid groups (broad SMARTS) is 1. The molecule has 6 heteroatoms. The van der Waals surface area contributed by atoms with Crippen LogP contribution in [0.1, 0.15) is 5.56 Å². The lowest BCUT2D eigenvalue weighted by molar-refractivity contribution is -0.146. The van der Waals surface area contributed by atoms with Crippen molar-refractivity contribution in [2.75, 3.05) is 7.11 Å². The van der Waals surface area contributed by atoms with Crippen LogP contribution in [0.5, 0.6) is 5.88 Å². The van der Waals surface area contributed by atoms with Gasteiger partial charge in [0.2, 0.25) is 5.88 Å². The van der Waals surface area contributed by atoms with Crippen LogP contribution < -0.4 is 4.74 Å². The molecule has 0 aliphatic carbocycles. The Labute approximate surface area is 78.8 Å². The molecule has 1 aromatic heterocycles. The first kappa shape index (κ1) is 9.94. The first-order valence-corrected chi connectivity index (χ1v) is 4.37. The van der Waals surface area contributed by atoms with Crippen LogP contribution >= 0.6 is 11.5 Å². The first-order valence-electron chi connectivity index (χ1n) is 3.53. The molecule has 1 aromatic rings. The molecule has 0 aliphatic heterocycles. The van der Waals surface area contributed by atoms with Crippen LogP contribution in [-0.4, -0.2) is 33.8 Å². The number of hydrogen-bond acceptors (Lipinski definition) is 5. The summed E-state index contributed by atoms with van der Waals surface area (Å²) in [5.41, 5.74) is 0.613. The topological polar surface area (TPSA) is 79.7 Å². The zero-order valence-corrected chi connectivity index (χ0v) is 7.74. The molecule has 0 bridgehead atoms. The van der Waals surface area contributed by atoms with Crippen LogP contribution in [0.15, 0.2) is 5.38 Å². The van der Waals surface area contributed by atoms with Crippen molar-refractivity contribution in [1.29, 1.82) is 0 Å². The van der Waals surface area contributed by atoms with Gasteiger partial charge in [0, 0.05) is 17.4 Å². The van der Waals surface area contributed by atoms with E-state index in [1.165, 1.54) is 18.6 Å². The average Bonchev–Trinajstić information content (AvgIpc) is 2.51. The standard InChI is InChI=1S/C7H9NO4S/c1-12-6-4(3-13-8-6)2-5(9)7(10)11/h3,5,9H,2H2,1H3,(H,10,11). The summed E-state index contributed by atoms with van der Waals surface area (Å²) in [4.78, 5) is 10.3. The van der Waals surface area contributed by atoms with Crippen molar-refractivity contribution < 1.29 is 19.7 Å². The number of aliphatic carboxylic acids is 1. The summed E-state index contributed by atoms with van der Waals surface area (Å²) < 4.78 is 8.72. The summed E-state index contributed by atoms with van der Waals surface area (Å²) >= 11 is 1.17. The van der Waals surface area contributed by atoms with Gasteiger partial charge in [-0.1, -0.05) is 0 Å². The van der Waals surface area contributed by atoms with Gasteiger partial charge in [-0.3, -0.25) is 0 Å². The number of carboxylic acids is 1. The Bertz CT molecular complexity index is 298. The van der Waals surface area contributed by atoms with E-state index in [1.807, 2.05) is 0 Å². The molecule has 13 heavy (non-hydrogen) atoms. The van der Waals surface area contributed by atoms with Gasteiger partial charge in [-0.05, 0) is 11.5 Å². The van der Waals surface area contributed by atoms with Crippen LogP contribution in [0.4, 0.5) is 0 Å². The minimum absolute atomic E-state index is 0.0228. The molecule has 0 amide bonds. The van der Waals surface area contributed by atoms with E-state index in [0.29, 0.717) is 11.4 Å². The molecule has 1 unspecified atom stereocenters. The summed E-state index contributed by atoms with van der Waals surface area (Å²) in [5, 5.41) is 19.1. The average molecular weight is 203 g/mol. The predicted octanol–water partition coefficient (Wildman–Crippen LogP) is 0.140. The van der Waals surface area contributed by atoms with Gasteiger partial charge in [0.15, 0.2) is 6.10 Å². The number of ether oxygens (including phenoxy) is 1. The van der Waals surface area contributed by atoms with E-state index < -0.39 is 12.1 Å². The maximum Gasteiger partial charge on any atom is 0.332 e. The second kappa shape index (κ2) is 4.20. The molecule has 0 saturated carbocycles. The Morgan fingerprint density at radius 1 is 1.85 bits per heavy atom. The van der Waals surface area contributed by atoms with E-state index >= 15 is 0 Å². The molecule has 0 saturated heterocycles. The molecular weight excluding hydrogens is 194 g/mol. The van der Waals surface area contributed by atoms with Crippen LogP contribution in [-0.2, 0) is 11.2 Å². The lowest BCUT2D eigenvalue weighted by Crippen LogP contribution is -2.21. The minimum Gasteiger partial charge on any atom is -0.480 e. The fourth-order valence-electron chi connectivity index (χ4n) is 0.846. The second-order valence-corrected chi connectivity index (χ2v) is 3.04. The molecule has 0 fully saturated rings. The van der Waals surface area contributed by atoms with Crippen molar-refractivity contribution in [2.45, 2.75) is 12.5 Å². The number of carbonyl (C=O) groups is 1. The van der Waals surface area contributed by atoms with Gasteiger partial charge in [0.1, 0.15) is 0 Å². The van der Waals surface area contributed by atoms with Crippen molar-refractivity contribution in [3.8, 4) is 5.88 Å². The summed E-state index contributed by atoms with van der Waals surface area (Å²) in [6, 6.07) is 0. The highest BCUT2D eigenvalue weighted by Gasteiger charge is 2.17. The lowest BCUT2D eigenvalue weighted by Gasteiger charge is -2.04. The summed E-state index contributed by atoms with van der Waals surface area (Å²) in [5.74, 6) is -0.862. The van der Waals surface area contributed by atoms with Crippen molar-refractivity contribution in [3.63, 3.8) is 0 Å². The number of aliphatic hydroxyl groups excluding tert-OH is 1. The zero-order valence-electron chi connectivity index (χ0n) is 6.93. The molecule has 1 rings (SSSR count). The van der Waals surface area contributed by atoms with Crippen molar-refractivity contribution in [1.82, 2.24) is 4.37 Å². The number of aliphatic hydroxyl groups is 1. The molecular formula is C7H9NO4S. The maximum atomic E-state index is 10.3. The molecule has 0 spiro atoms. The Morgan fingerprint density at radius 3 is 3.08 bits per heavy atom. The molecule has 72 valence electrons. The Morgan fingerprint density at radius 2 is 2.54 bits per heavy atom. The van der Waals surface area contributed by atoms with E-state index in [0.717, 1.165) is 0 Å². The van der Waals surface area contributed by atoms with Gasteiger partial charge < -0.3 is 14.9 Å². The Hall–Kier alpha value is -1.14. The quantitative estimate of drug-likeness (QED) is 0.727. The normalized spacial score (nSPS) is 12.5. The number of nitrogens with zero attached hydrogens (tertiary/aromatic N) is 1. The molecule has 2 N–H and O–H groups in total. The van der Waals surface area contributed by atoms with Crippen LogP contribution in [0.2, 0.25) is 0 Å². The molecule has 1 atom stereocenters. The van der Waals surface area contributed by atoms with E-state index in [1.54, 1.807) is 5.38 Å². The third kappa shape index (κ3) is 2.40.